The number of nitrogens with zero attached hydrogens (tertiary/aromatic N) is 1. The number of carbonyl (C=O) groups is 1. The fraction of sp³-hybridized carbons (Fsp3) is 0.417. The van der Waals surface area contributed by atoms with Crippen LogP contribution in [0.25, 0.3) is 0 Å². The summed E-state index contributed by atoms with van der Waals surface area (Å²) in [5, 5.41) is 9.07. The van der Waals surface area contributed by atoms with Crippen molar-refractivity contribution < 1.29 is 14.6 Å². The van der Waals surface area contributed by atoms with E-state index in [1.807, 2.05) is 24.9 Å². The van der Waals surface area contributed by atoms with E-state index in [0.29, 0.717) is 18.7 Å². The average molecular weight is 223 g/mol. The number of aromatic carboxylic acids is 1. The van der Waals surface area contributed by atoms with Crippen LogP contribution in [0.1, 0.15) is 15.9 Å². The highest BCUT2D eigenvalue weighted by molar-refractivity contribution is 5.94. The number of hydrogen-bond acceptors (Lipinski definition) is 3. The molecule has 0 saturated carbocycles. The van der Waals surface area contributed by atoms with E-state index in [-0.39, 0.29) is 0 Å². The molecule has 4 nitrogen and oxygen atoms in total. The van der Waals surface area contributed by atoms with Gasteiger partial charge in [0.1, 0.15) is 0 Å². The summed E-state index contributed by atoms with van der Waals surface area (Å²) in [7, 11) is 3.49. The summed E-state index contributed by atoms with van der Waals surface area (Å²) in [6.45, 7) is 3.18. The van der Waals surface area contributed by atoms with E-state index < -0.39 is 5.97 Å². The molecular formula is C12H17NO3. The summed E-state index contributed by atoms with van der Waals surface area (Å²) in [4.78, 5) is 12.9. The van der Waals surface area contributed by atoms with Gasteiger partial charge in [-0.3, -0.25) is 0 Å². The topological polar surface area (TPSA) is 49.8 Å². The molecule has 0 saturated heterocycles. The Hall–Kier alpha value is -1.55. The highest BCUT2D eigenvalue weighted by Gasteiger charge is 2.13. The van der Waals surface area contributed by atoms with Crippen molar-refractivity contribution in [3.63, 3.8) is 0 Å². The Morgan fingerprint density at radius 2 is 2.19 bits per heavy atom. The molecule has 0 aliphatic rings. The lowest BCUT2D eigenvalue weighted by atomic mass is 10.1. The Morgan fingerprint density at radius 3 is 2.75 bits per heavy atom. The lowest BCUT2D eigenvalue weighted by Crippen LogP contribution is -2.24. The Morgan fingerprint density at radius 1 is 1.50 bits per heavy atom. The van der Waals surface area contributed by atoms with E-state index in [0.717, 1.165) is 11.3 Å². The van der Waals surface area contributed by atoms with E-state index in [1.165, 1.54) is 0 Å². The molecule has 0 heterocycles. The van der Waals surface area contributed by atoms with Crippen molar-refractivity contribution in [1.29, 1.82) is 0 Å². The number of benzene rings is 1. The standard InChI is InChI=1S/C12H17NO3/c1-9-4-5-10(12(14)15)11(8-9)13(2)6-7-16-3/h4-5,8H,6-7H2,1-3H3,(H,14,15). The molecular weight excluding hydrogens is 206 g/mol. The van der Waals surface area contributed by atoms with Gasteiger partial charge >= 0.3 is 5.97 Å². The molecule has 0 aliphatic heterocycles. The molecule has 16 heavy (non-hydrogen) atoms. The van der Waals surface area contributed by atoms with Crippen LogP contribution in [-0.4, -0.2) is 38.4 Å². The molecule has 0 bridgehead atoms. The Bertz CT molecular complexity index is 377. The quantitative estimate of drug-likeness (QED) is 0.826. The van der Waals surface area contributed by atoms with Gasteiger partial charge in [-0.05, 0) is 24.6 Å². The van der Waals surface area contributed by atoms with Gasteiger partial charge in [-0.2, -0.15) is 0 Å². The number of anilines is 1. The van der Waals surface area contributed by atoms with Crippen LogP contribution in [0.5, 0.6) is 0 Å². The maximum Gasteiger partial charge on any atom is 0.337 e. The smallest absolute Gasteiger partial charge is 0.337 e. The number of likely N-dealkylation sites (N-methyl/N-ethyl adjacent to an activating group) is 1. The zero-order valence-corrected chi connectivity index (χ0v) is 9.86. The van der Waals surface area contributed by atoms with Crippen molar-refractivity contribution in [3.8, 4) is 0 Å². The van der Waals surface area contributed by atoms with Crippen molar-refractivity contribution >= 4 is 11.7 Å². The fourth-order valence-corrected chi connectivity index (χ4v) is 1.49. The van der Waals surface area contributed by atoms with Crippen molar-refractivity contribution in [2.45, 2.75) is 6.92 Å². The molecule has 0 radical (unpaired) electrons. The summed E-state index contributed by atoms with van der Waals surface area (Å²) >= 11 is 0. The van der Waals surface area contributed by atoms with E-state index >= 15 is 0 Å². The third kappa shape index (κ3) is 2.97. The molecule has 0 unspecified atom stereocenters. The molecule has 0 aliphatic carbocycles. The molecule has 0 spiro atoms. The zero-order chi connectivity index (χ0) is 12.1. The lowest BCUT2D eigenvalue weighted by molar-refractivity contribution is 0.0697. The molecule has 0 fully saturated rings. The van der Waals surface area contributed by atoms with Crippen molar-refractivity contribution in [1.82, 2.24) is 0 Å². The van der Waals surface area contributed by atoms with Gasteiger partial charge in [-0.15, -0.1) is 0 Å². The first-order valence-corrected chi connectivity index (χ1v) is 5.10. The second kappa shape index (κ2) is 5.51. The zero-order valence-electron chi connectivity index (χ0n) is 9.86. The van der Waals surface area contributed by atoms with Gasteiger partial charge in [0.05, 0.1) is 17.9 Å². The first-order valence-electron chi connectivity index (χ1n) is 5.10. The van der Waals surface area contributed by atoms with Crippen LogP contribution in [0.3, 0.4) is 0 Å². The largest absolute Gasteiger partial charge is 0.478 e. The van der Waals surface area contributed by atoms with Crippen LogP contribution < -0.4 is 4.90 Å². The van der Waals surface area contributed by atoms with E-state index in [2.05, 4.69) is 0 Å². The minimum Gasteiger partial charge on any atom is -0.478 e. The molecule has 1 aromatic rings. The lowest BCUT2D eigenvalue weighted by Gasteiger charge is -2.21. The Balaban J connectivity index is 2.99. The second-order valence-corrected chi connectivity index (χ2v) is 3.74. The number of carboxylic acids is 1. The van der Waals surface area contributed by atoms with Gasteiger partial charge in [-0.25, -0.2) is 4.79 Å². The molecule has 1 aromatic carbocycles. The van der Waals surface area contributed by atoms with Gasteiger partial charge in [0, 0.05) is 20.7 Å². The summed E-state index contributed by atoms with van der Waals surface area (Å²) in [5.74, 6) is -0.903. The Labute approximate surface area is 95.5 Å². The third-order valence-electron chi connectivity index (χ3n) is 2.43. The molecule has 0 amide bonds. The highest BCUT2D eigenvalue weighted by atomic mass is 16.5. The first-order chi connectivity index (χ1) is 7.56. The summed E-state index contributed by atoms with van der Waals surface area (Å²) < 4.78 is 4.98. The van der Waals surface area contributed by atoms with Crippen molar-refractivity contribution in [2.75, 3.05) is 32.2 Å². The van der Waals surface area contributed by atoms with Gasteiger partial charge in [0.2, 0.25) is 0 Å². The predicted molar refractivity (Wildman–Crippen MR) is 63.3 cm³/mol. The number of ether oxygens (including phenoxy) is 1. The summed E-state index contributed by atoms with van der Waals surface area (Å²) in [5.41, 5.74) is 2.10. The van der Waals surface area contributed by atoms with Crippen LogP contribution in [0.2, 0.25) is 0 Å². The van der Waals surface area contributed by atoms with Gasteiger partial charge in [0.15, 0.2) is 0 Å². The van der Waals surface area contributed by atoms with Crippen molar-refractivity contribution in [2.24, 2.45) is 0 Å². The summed E-state index contributed by atoms with van der Waals surface area (Å²) in [6, 6.07) is 5.31. The number of carboxylic acid groups (broad SMARTS) is 1. The van der Waals surface area contributed by atoms with Crippen LogP contribution in [0, 0.1) is 6.92 Å². The van der Waals surface area contributed by atoms with Crippen LogP contribution >= 0.6 is 0 Å². The number of methoxy groups -OCH3 is 1. The molecule has 4 heteroatoms. The minimum atomic E-state index is -0.903. The average Bonchev–Trinajstić information content (AvgIpc) is 2.25. The Kier molecular flexibility index (Phi) is 4.31. The first kappa shape index (κ1) is 12.5. The number of hydrogen-bond donors (Lipinski definition) is 1. The second-order valence-electron chi connectivity index (χ2n) is 3.74. The monoisotopic (exact) mass is 223 g/mol. The molecule has 0 aromatic heterocycles. The van der Waals surface area contributed by atoms with E-state index in [9.17, 15) is 4.79 Å². The van der Waals surface area contributed by atoms with E-state index in [1.54, 1.807) is 19.2 Å². The maximum atomic E-state index is 11.1. The summed E-state index contributed by atoms with van der Waals surface area (Å²) in [6.07, 6.45) is 0. The van der Waals surface area contributed by atoms with Crippen LogP contribution in [0.4, 0.5) is 5.69 Å². The highest BCUT2D eigenvalue weighted by Crippen LogP contribution is 2.21. The molecule has 88 valence electrons. The van der Waals surface area contributed by atoms with Crippen LogP contribution in [0.15, 0.2) is 18.2 Å². The molecule has 1 N–H and O–H groups in total. The number of aryl methyl sites for hydroxylation is 1. The minimum absolute atomic E-state index is 0.323. The SMILES string of the molecule is COCCN(C)c1cc(C)ccc1C(=O)O. The third-order valence-corrected chi connectivity index (χ3v) is 2.43. The van der Waals surface area contributed by atoms with Gasteiger partial charge in [-0.1, -0.05) is 6.07 Å². The maximum absolute atomic E-state index is 11.1. The normalized spacial score (nSPS) is 10.2. The van der Waals surface area contributed by atoms with Gasteiger partial charge < -0.3 is 14.7 Å². The molecule has 1 rings (SSSR count). The molecule has 0 atom stereocenters. The van der Waals surface area contributed by atoms with E-state index in [4.69, 9.17) is 9.84 Å². The van der Waals surface area contributed by atoms with Gasteiger partial charge in [0.25, 0.3) is 0 Å². The van der Waals surface area contributed by atoms with Crippen molar-refractivity contribution in [3.05, 3.63) is 29.3 Å². The fourth-order valence-electron chi connectivity index (χ4n) is 1.49. The predicted octanol–water partition coefficient (Wildman–Crippen LogP) is 1.78. The number of rotatable bonds is 5. The van der Waals surface area contributed by atoms with Crippen LogP contribution in [-0.2, 0) is 4.74 Å².